The lowest BCUT2D eigenvalue weighted by Gasteiger charge is -2.24. The molecule has 0 saturated heterocycles. The van der Waals surface area contributed by atoms with Gasteiger partial charge in [0.05, 0.1) is 5.75 Å². The maximum atomic E-state index is 11.8. The van der Waals surface area contributed by atoms with Gasteiger partial charge >= 0.3 is 0 Å². The number of benzene rings is 1. The van der Waals surface area contributed by atoms with Crippen LogP contribution in [-0.4, -0.2) is 24.2 Å². The van der Waals surface area contributed by atoms with Crippen LogP contribution in [0.2, 0.25) is 0 Å². The van der Waals surface area contributed by atoms with E-state index in [0.29, 0.717) is 5.75 Å². The van der Waals surface area contributed by atoms with E-state index < -0.39 is 0 Å². The zero-order valence-corrected chi connectivity index (χ0v) is 13.1. The van der Waals surface area contributed by atoms with Gasteiger partial charge in [-0.3, -0.25) is 4.79 Å². The standard InChI is InChI=1S/C15H24N2OS/c1-5-15(2,3)17-14(18)11-19-13-8-6-12(7-9-13)10-16-4/h6-9,16H,5,10-11H2,1-4H3,(H,17,18). The summed E-state index contributed by atoms with van der Waals surface area (Å²) < 4.78 is 0. The maximum Gasteiger partial charge on any atom is 0.230 e. The van der Waals surface area contributed by atoms with E-state index in [1.807, 2.05) is 20.9 Å². The molecule has 0 spiro atoms. The molecule has 4 heteroatoms. The third-order valence-electron chi connectivity index (χ3n) is 3.04. The Morgan fingerprint density at radius 2 is 1.89 bits per heavy atom. The minimum absolute atomic E-state index is 0.0937. The van der Waals surface area contributed by atoms with Crippen LogP contribution >= 0.6 is 11.8 Å². The van der Waals surface area contributed by atoms with Crippen LogP contribution in [0.3, 0.4) is 0 Å². The molecule has 1 rings (SSSR count). The molecule has 0 aliphatic heterocycles. The van der Waals surface area contributed by atoms with Gasteiger partial charge in [0.15, 0.2) is 0 Å². The van der Waals surface area contributed by atoms with Gasteiger partial charge in [0.2, 0.25) is 5.91 Å². The van der Waals surface area contributed by atoms with Gasteiger partial charge in [-0.25, -0.2) is 0 Å². The first-order valence-electron chi connectivity index (χ1n) is 6.64. The largest absolute Gasteiger partial charge is 0.351 e. The topological polar surface area (TPSA) is 41.1 Å². The molecule has 1 aromatic carbocycles. The minimum Gasteiger partial charge on any atom is -0.351 e. The third-order valence-corrected chi connectivity index (χ3v) is 4.05. The summed E-state index contributed by atoms with van der Waals surface area (Å²) in [6, 6.07) is 8.31. The molecule has 0 saturated carbocycles. The maximum absolute atomic E-state index is 11.8. The molecule has 3 nitrogen and oxygen atoms in total. The number of carbonyl (C=O) groups excluding carboxylic acids is 1. The smallest absolute Gasteiger partial charge is 0.230 e. The van der Waals surface area contributed by atoms with Crippen molar-refractivity contribution in [3.05, 3.63) is 29.8 Å². The fourth-order valence-corrected chi connectivity index (χ4v) is 2.26. The lowest BCUT2D eigenvalue weighted by Crippen LogP contribution is -2.43. The van der Waals surface area contributed by atoms with Gasteiger partial charge in [-0.1, -0.05) is 19.1 Å². The van der Waals surface area contributed by atoms with Crippen molar-refractivity contribution in [3.8, 4) is 0 Å². The van der Waals surface area contributed by atoms with Crippen molar-refractivity contribution in [2.75, 3.05) is 12.8 Å². The second-order valence-corrected chi connectivity index (χ2v) is 6.30. The Morgan fingerprint density at radius 1 is 1.26 bits per heavy atom. The Kier molecular flexibility index (Phi) is 6.38. The number of hydrogen-bond donors (Lipinski definition) is 2. The van der Waals surface area contributed by atoms with Crippen LogP contribution in [0.1, 0.15) is 32.8 Å². The van der Waals surface area contributed by atoms with Crippen LogP contribution in [0.15, 0.2) is 29.2 Å². The van der Waals surface area contributed by atoms with E-state index in [4.69, 9.17) is 0 Å². The van der Waals surface area contributed by atoms with E-state index in [0.717, 1.165) is 17.9 Å². The van der Waals surface area contributed by atoms with E-state index in [-0.39, 0.29) is 11.4 Å². The highest BCUT2D eigenvalue weighted by atomic mass is 32.2. The van der Waals surface area contributed by atoms with Gasteiger partial charge < -0.3 is 10.6 Å². The predicted octanol–water partition coefficient (Wildman–Crippen LogP) is 2.80. The van der Waals surface area contributed by atoms with Crippen LogP contribution in [0.5, 0.6) is 0 Å². The third kappa shape index (κ3) is 6.12. The number of rotatable bonds is 7. The van der Waals surface area contributed by atoms with Crippen LogP contribution in [0, 0.1) is 0 Å². The quantitative estimate of drug-likeness (QED) is 0.755. The zero-order valence-electron chi connectivity index (χ0n) is 12.2. The van der Waals surface area contributed by atoms with E-state index >= 15 is 0 Å². The average molecular weight is 280 g/mol. The van der Waals surface area contributed by atoms with Gasteiger partial charge in [-0.2, -0.15) is 0 Å². The molecule has 0 radical (unpaired) electrons. The Hall–Kier alpha value is -1.00. The Balaban J connectivity index is 2.42. The predicted molar refractivity (Wildman–Crippen MR) is 82.4 cm³/mol. The summed E-state index contributed by atoms with van der Waals surface area (Å²) in [5, 5.41) is 6.15. The molecule has 106 valence electrons. The van der Waals surface area contributed by atoms with Crippen molar-refractivity contribution < 1.29 is 4.79 Å². The molecule has 0 aliphatic carbocycles. The average Bonchev–Trinajstić information content (AvgIpc) is 2.38. The SMILES string of the molecule is CCC(C)(C)NC(=O)CSc1ccc(CNC)cc1. The molecule has 2 N–H and O–H groups in total. The number of hydrogen-bond acceptors (Lipinski definition) is 3. The molecule has 0 aliphatic rings. The second kappa shape index (κ2) is 7.56. The molecular weight excluding hydrogens is 256 g/mol. The molecule has 0 bridgehead atoms. The number of nitrogens with one attached hydrogen (secondary N) is 2. The van der Waals surface area contributed by atoms with Crippen molar-refractivity contribution >= 4 is 17.7 Å². The van der Waals surface area contributed by atoms with Crippen LogP contribution in [0.25, 0.3) is 0 Å². The molecule has 1 amide bonds. The summed E-state index contributed by atoms with van der Waals surface area (Å²) in [6.45, 7) is 7.04. The van der Waals surface area contributed by atoms with Crippen LogP contribution < -0.4 is 10.6 Å². The van der Waals surface area contributed by atoms with Crippen molar-refractivity contribution in [2.45, 2.75) is 44.2 Å². The highest BCUT2D eigenvalue weighted by Crippen LogP contribution is 2.18. The van der Waals surface area contributed by atoms with Gasteiger partial charge in [-0.15, -0.1) is 11.8 Å². The molecule has 0 aromatic heterocycles. The zero-order chi connectivity index (χ0) is 14.3. The van der Waals surface area contributed by atoms with Gasteiger partial charge in [0.1, 0.15) is 0 Å². The lowest BCUT2D eigenvalue weighted by atomic mass is 10.0. The van der Waals surface area contributed by atoms with Gasteiger partial charge in [-0.05, 0) is 45.0 Å². The highest BCUT2D eigenvalue weighted by Gasteiger charge is 2.17. The van der Waals surface area contributed by atoms with Crippen molar-refractivity contribution in [1.29, 1.82) is 0 Å². The summed E-state index contributed by atoms with van der Waals surface area (Å²) in [6.07, 6.45) is 0.933. The van der Waals surface area contributed by atoms with Crippen molar-refractivity contribution in [1.82, 2.24) is 10.6 Å². The summed E-state index contributed by atoms with van der Waals surface area (Å²) in [5.41, 5.74) is 1.14. The summed E-state index contributed by atoms with van der Waals surface area (Å²) in [5.74, 6) is 0.561. The van der Waals surface area contributed by atoms with E-state index in [2.05, 4.69) is 41.8 Å². The van der Waals surface area contributed by atoms with Crippen LogP contribution in [-0.2, 0) is 11.3 Å². The number of thioether (sulfide) groups is 1. The van der Waals surface area contributed by atoms with Crippen molar-refractivity contribution in [3.63, 3.8) is 0 Å². The first-order valence-corrected chi connectivity index (χ1v) is 7.63. The molecule has 0 atom stereocenters. The van der Waals surface area contributed by atoms with Crippen LogP contribution in [0.4, 0.5) is 0 Å². The number of amides is 1. The molecule has 19 heavy (non-hydrogen) atoms. The van der Waals surface area contributed by atoms with Gasteiger partial charge in [0, 0.05) is 17.0 Å². The fraction of sp³-hybridized carbons (Fsp3) is 0.533. The Morgan fingerprint density at radius 3 is 2.42 bits per heavy atom. The second-order valence-electron chi connectivity index (χ2n) is 5.25. The molecule has 1 aromatic rings. The highest BCUT2D eigenvalue weighted by molar-refractivity contribution is 8.00. The molecule has 0 fully saturated rings. The molecule has 0 unspecified atom stereocenters. The monoisotopic (exact) mass is 280 g/mol. The summed E-state index contributed by atoms with van der Waals surface area (Å²) in [4.78, 5) is 12.9. The lowest BCUT2D eigenvalue weighted by molar-refractivity contribution is -0.120. The molecule has 0 heterocycles. The van der Waals surface area contributed by atoms with E-state index in [9.17, 15) is 4.79 Å². The van der Waals surface area contributed by atoms with E-state index in [1.54, 1.807) is 11.8 Å². The Bertz CT molecular complexity index is 401. The Labute approximate surface area is 120 Å². The first-order chi connectivity index (χ1) is 8.96. The summed E-state index contributed by atoms with van der Waals surface area (Å²) >= 11 is 1.57. The van der Waals surface area contributed by atoms with Crippen molar-refractivity contribution in [2.24, 2.45) is 0 Å². The normalized spacial score (nSPS) is 11.4. The number of carbonyl (C=O) groups is 1. The van der Waals surface area contributed by atoms with E-state index in [1.165, 1.54) is 5.56 Å². The first kappa shape index (κ1) is 16.1. The minimum atomic E-state index is -0.117. The summed E-state index contributed by atoms with van der Waals surface area (Å²) in [7, 11) is 1.93. The fourth-order valence-electron chi connectivity index (χ4n) is 1.56. The van der Waals surface area contributed by atoms with Gasteiger partial charge in [0.25, 0.3) is 0 Å². The molecular formula is C15H24N2OS.